The van der Waals surface area contributed by atoms with Gasteiger partial charge in [-0.05, 0) is 47.9 Å². The van der Waals surface area contributed by atoms with E-state index in [-0.39, 0.29) is 5.91 Å². The first-order valence-electron chi connectivity index (χ1n) is 8.93. The van der Waals surface area contributed by atoms with Crippen LogP contribution in [-0.4, -0.2) is 34.5 Å². The zero-order valence-electron chi connectivity index (χ0n) is 15.3. The number of hydrogen-bond donors (Lipinski definition) is 2. The van der Waals surface area contributed by atoms with E-state index in [0.29, 0.717) is 24.0 Å². The van der Waals surface area contributed by atoms with E-state index in [4.69, 9.17) is 11.6 Å². The van der Waals surface area contributed by atoms with Gasteiger partial charge in [-0.15, -0.1) is 0 Å². The highest BCUT2D eigenvalue weighted by molar-refractivity contribution is 6.30. The Labute approximate surface area is 167 Å². The van der Waals surface area contributed by atoms with Gasteiger partial charge in [0, 0.05) is 36.4 Å². The first-order chi connectivity index (χ1) is 13.6. The van der Waals surface area contributed by atoms with Crippen LogP contribution in [0.1, 0.15) is 21.5 Å². The Morgan fingerprint density at radius 3 is 2.89 bits per heavy atom. The number of amides is 1. The van der Waals surface area contributed by atoms with Gasteiger partial charge in [-0.25, -0.2) is 9.97 Å². The van der Waals surface area contributed by atoms with Crippen LogP contribution in [-0.2, 0) is 13.0 Å². The van der Waals surface area contributed by atoms with Gasteiger partial charge in [0.1, 0.15) is 6.33 Å². The van der Waals surface area contributed by atoms with E-state index >= 15 is 0 Å². The molecular formula is C20H19ClN6O. The number of fused-ring (bicyclic) bond motifs is 1. The Balaban J connectivity index is 1.53. The minimum absolute atomic E-state index is 0.148. The molecule has 0 radical (unpaired) electrons. The lowest BCUT2D eigenvalue weighted by molar-refractivity contribution is 0.0963. The molecule has 2 heterocycles. The van der Waals surface area contributed by atoms with Crippen LogP contribution in [0.2, 0.25) is 5.02 Å². The summed E-state index contributed by atoms with van der Waals surface area (Å²) in [7, 11) is 1.60. The summed E-state index contributed by atoms with van der Waals surface area (Å²) in [6, 6.07) is 13.2. The number of halogens is 1. The van der Waals surface area contributed by atoms with Gasteiger partial charge in [-0.2, -0.15) is 4.98 Å². The van der Waals surface area contributed by atoms with Crippen molar-refractivity contribution in [3.63, 3.8) is 0 Å². The van der Waals surface area contributed by atoms with E-state index in [2.05, 4.69) is 36.6 Å². The number of carbonyl (C=O) groups excluding carboxylic acids is 1. The molecule has 2 aromatic carbocycles. The molecule has 1 aliphatic rings. The molecule has 0 fully saturated rings. The van der Waals surface area contributed by atoms with Gasteiger partial charge in [0.2, 0.25) is 11.9 Å². The molecule has 0 aliphatic carbocycles. The highest BCUT2D eigenvalue weighted by Crippen LogP contribution is 2.25. The fourth-order valence-electron chi connectivity index (χ4n) is 3.21. The van der Waals surface area contributed by atoms with E-state index < -0.39 is 0 Å². The predicted molar refractivity (Wildman–Crippen MR) is 109 cm³/mol. The molecule has 8 heteroatoms. The van der Waals surface area contributed by atoms with E-state index in [9.17, 15) is 4.79 Å². The fraction of sp³-hybridized carbons (Fsp3) is 0.200. The van der Waals surface area contributed by atoms with Crippen molar-refractivity contribution in [1.29, 1.82) is 0 Å². The summed E-state index contributed by atoms with van der Waals surface area (Å²) < 4.78 is 0. The van der Waals surface area contributed by atoms with Crippen LogP contribution < -0.4 is 15.5 Å². The van der Waals surface area contributed by atoms with Gasteiger partial charge in [-0.3, -0.25) is 4.79 Å². The van der Waals surface area contributed by atoms with Gasteiger partial charge in [0.05, 0.1) is 0 Å². The summed E-state index contributed by atoms with van der Waals surface area (Å²) in [6.07, 6.45) is 2.40. The van der Waals surface area contributed by atoms with Crippen molar-refractivity contribution < 1.29 is 4.79 Å². The van der Waals surface area contributed by atoms with E-state index in [1.54, 1.807) is 25.2 Å². The summed E-state index contributed by atoms with van der Waals surface area (Å²) >= 11 is 6.13. The molecular weight excluding hydrogens is 376 g/mol. The average molecular weight is 395 g/mol. The molecule has 1 aromatic heterocycles. The first kappa shape index (κ1) is 18.2. The third-order valence-corrected chi connectivity index (χ3v) is 4.87. The summed E-state index contributed by atoms with van der Waals surface area (Å²) in [6.45, 7) is 1.52. The number of hydrogen-bond acceptors (Lipinski definition) is 6. The number of rotatable bonds is 4. The van der Waals surface area contributed by atoms with Crippen LogP contribution in [0.15, 0.2) is 48.8 Å². The standard InChI is InChI=1S/C20H19ClN6O/c1-22-18(28)14-3-2-4-17(10-14)25-19-23-12-24-20(26-19)27-8-7-13-5-6-16(21)9-15(13)11-27/h2-6,9-10,12H,7-8,11H2,1H3,(H,22,28)(H,23,24,25,26). The minimum atomic E-state index is -0.148. The monoisotopic (exact) mass is 394 g/mol. The molecule has 0 unspecified atom stereocenters. The molecule has 3 aromatic rings. The van der Waals surface area contributed by atoms with Crippen LogP contribution in [0.4, 0.5) is 17.6 Å². The molecule has 0 saturated carbocycles. The normalized spacial score (nSPS) is 13.0. The molecule has 4 rings (SSSR count). The Hall–Kier alpha value is -3.19. The maximum atomic E-state index is 11.8. The fourth-order valence-corrected chi connectivity index (χ4v) is 3.40. The second-order valence-corrected chi connectivity index (χ2v) is 6.92. The van der Waals surface area contributed by atoms with Crippen molar-refractivity contribution in [1.82, 2.24) is 20.3 Å². The number of nitrogens with one attached hydrogen (secondary N) is 2. The highest BCUT2D eigenvalue weighted by Gasteiger charge is 2.19. The minimum Gasteiger partial charge on any atom is -0.355 e. The van der Waals surface area contributed by atoms with Gasteiger partial charge in [0.15, 0.2) is 0 Å². The lowest BCUT2D eigenvalue weighted by Gasteiger charge is -2.29. The molecule has 0 bridgehead atoms. The molecule has 0 atom stereocenters. The summed E-state index contributed by atoms with van der Waals surface area (Å²) in [5, 5.41) is 6.48. The summed E-state index contributed by atoms with van der Waals surface area (Å²) in [5.41, 5.74) is 3.78. The highest BCUT2D eigenvalue weighted by atomic mass is 35.5. The smallest absolute Gasteiger partial charge is 0.251 e. The molecule has 0 spiro atoms. The van der Waals surface area contributed by atoms with Crippen molar-refractivity contribution in [3.8, 4) is 0 Å². The van der Waals surface area contributed by atoms with Crippen LogP contribution in [0, 0.1) is 0 Å². The zero-order valence-corrected chi connectivity index (χ0v) is 16.1. The van der Waals surface area contributed by atoms with Crippen molar-refractivity contribution in [2.45, 2.75) is 13.0 Å². The van der Waals surface area contributed by atoms with Crippen LogP contribution in [0.25, 0.3) is 0 Å². The van der Waals surface area contributed by atoms with Gasteiger partial charge in [-0.1, -0.05) is 23.7 Å². The number of carbonyl (C=O) groups is 1. The van der Waals surface area contributed by atoms with Gasteiger partial charge < -0.3 is 15.5 Å². The molecule has 1 aliphatic heterocycles. The van der Waals surface area contributed by atoms with E-state index in [0.717, 1.165) is 23.7 Å². The number of aromatic nitrogens is 3. The quantitative estimate of drug-likeness (QED) is 0.707. The maximum absolute atomic E-state index is 11.8. The molecule has 7 nitrogen and oxygen atoms in total. The predicted octanol–water partition coefficient (Wildman–Crippen LogP) is 3.19. The van der Waals surface area contributed by atoms with Crippen LogP contribution in [0.3, 0.4) is 0 Å². The Morgan fingerprint density at radius 2 is 2.04 bits per heavy atom. The largest absolute Gasteiger partial charge is 0.355 e. The Bertz CT molecular complexity index is 1030. The van der Waals surface area contributed by atoms with Crippen molar-refractivity contribution in [2.75, 3.05) is 23.8 Å². The van der Waals surface area contributed by atoms with Crippen LogP contribution >= 0.6 is 11.6 Å². The third-order valence-electron chi connectivity index (χ3n) is 4.63. The van der Waals surface area contributed by atoms with Crippen molar-refractivity contribution >= 4 is 35.1 Å². The van der Waals surface area contributed by atoms with Crippen molar-refractivity contribution in [2.24, 2.45) is 0 Å². The topological polar surface area (TPSA) is 83.0 Å². The maximum Gasteiger partial charge on any atom is 0.251 e. The Kier molecular flexibility index (Phi) is 5.08. The van der Waals surface area contributed by atoms with Crippen LogP contribution in [0.5, 0.6) is 0 Å². The first-order valence-corrected chi connectivity index (χ1v) is 9.30. The molecule has 1 amide bonds. The van der Waals surface area contributed by atoms with Gasteiger partial charge >= 0.3 is 0 Å². The third kappa shape index (κ3) is 3.89. The summed E-state index contributed by atoms with van der Waals surface area (Å²) in [5.74, 6) is 0.882. The molecule has 2 N–H and O–H groups in total. The van der Waals surface area contributed by atoms with E-state index in [1.807, 2.05) is 18.2 Å². The molecule has 28 heavy (non-hydrogen) atoms. The van der Waals surface area contributed by atoms with Gasteiger partial charge in [0.25, 0.3) is 5.91 Å². The SMILES string of the molecule is CNC(=O)c1cccc(Nc2ncnc(N3CCc4ccc(Cl)cc4C3)n2)c1. The Morgan fingerprint density at radius 1 is 1.14 bits per heavy atom. The molecule has 0 saturated heterocycles. The number of nitrogens with zero attached hydrogens (tertiary/aromatic N) is 4. The second-order valence-electron chi connectivity index (χ2n) is 6.48. The average Bonchev–Trinajstić information content (AvgIpc) is 2.73. The van der Waals surface area contributed by atoms with E-state index in [1.165, 1.54) is 17.5 Å². The molecule has 142 valence electrons. The number of benzene rings is 2. The second kappa shape index (κ2) is 7.82. The summed E-state index contributed by atoms with van der Waals surface area (Å²) in [4.78, 5) is 27.0. The lowest BCUT2D eigenvalue weighted by atomic mass is 10.0. The zero-order chi connectivity index (χ0) is 19.5. The number of anilines is 3. The van der Waals surface area contributed by atoms with Crippen molar-refractivity contribution in [3.05, 3.63) is 70.5 Å². The lowest BCUT2D eigenvalue weighted by Crippen LogP contribution is -2.32.